The van der Waals surface area contributed by atoms with E-state index in [4.69, 9.17) is 4.74 Å². The summed E-state index contributed by atoms with van der Waals surface area (Å²) in [7, 11) is -2.23. The second-order valence-corrected chi connectivity index (χ2v) is 7.66. The molecule has 0 bridgehead atoms. The number of alkyl halides is 3. The van der Waals surface area contributed by atoms with Crippen LogP contribution in [0.25, 0.3) is 0 Å². The topological polar surface area (TPSA) is 46.6 Å². The molecule has 0 amide bonds. The molecule has 1 aliphatic heterocycles. The van der Waals surface area contributed by atoms with Gasteiger partial charge in [-0.25, -0.2) is 12.7 Å². The van der Waals surface area contributed by atoms with Crippen LogP contribution in [0, 0.1) is 0 Å². The lowest BCUT2D eigenvalue weighted by atomic mass is 10.1. The van der Waals surface area contributed by atoms with Gasteiger partial charge in [0.15, 0.2) is 0 Å². The largest absolute Gasteiger partial charge is 0.416 e. The molecular weight excluding hydrogens is 319 g/mol. The molecule has 124 valence electrons. The molecule has 0 radical (unpaired) electrons. The van der Waals surface area contributed by atoms with Crippen LogP contribution in [0.1, 0.15) is 24.5 Å². The molecule has 2 rings (SSSR count). The third-order valence-corrected chi connectivity index (χ3v) is 6.17. The third-order valence-electron chi connectivity index (χ3n) is 3.78. The minimum absolute atomic E-state index is 0.102. The van der Waals surface area contributed by atoms with Crippen LogP contribution in [0.2, 0.25) is 0 Å². The van der Waals surface area contributed by atoms with E-state index in [-0.39, 0.29) is 6.54 Å². The minimum Gasteiger partial charge on any atom is -0.377 e. The van der Waals surface area contributed by atoms with E-state index >= 15 is 0 Å². The minimum atomic E-state index is -4.44. The van der Waals surface area contributed by atoms with Crippen LogP contribution in [0.15, 0.2) is 24.3 Å². The zero-order valence-electron chi connectivity index (χ0n) is 12.3. The van der Waals surface area contributed by atoms with Crippen LogP contribution in [0.3, 0.4) is 0 Å². The molecule has 1 saturated heterocycles. The standard InChI is InChI=1S/C14H18F3NO3S/c1-10-13(6-7-21-10)22(19,20)18(2)9-11-4-3-5-12(8-11)14(15,16)17/h3-5,8,10,13H,6-7,9H2,1-2H3/t10-,13+/m0/s1. The van der Waals surface area contributed by atoms with Crippen LogP contribution < -0.4 is 0 Å². The Morgan fingerprint density at radius 2 is 2.05 bits per heavy atom. The van der Waals surface area contributed by atoms with Gasteiger partial charge in [-0.15, -0.1) is 0 Å². The van der Waals surface area contributed by atoms with Crippen molar-refractivity contribution < 1.29 is 26.3 Å². The molecule has 8 heteroatoms. The summed E-state index contributed by atoms with van der Waals surface area (Å²) < 4.78 is 69.3. The zero-order valence-corrected chi connectivity index (χ0v) is 13.1. The normalized spacial score (nSPS) is 23.2. The Morgan fingerprint density at radius 1 is 1.36 bits per heavy atom. The van der Waals surface area contributed by atoms with Crippen LogP contribution in [0.5, 0.6) is 0 Å². The molecule has 0 saturated carbocycles. The van der Waals surface area contributed by atoms with E-state index in [1.165, 1.54) is 19.2 Å². The lowest BCUT2D eigenvalue weighted by molar-refractivity contribution is -0.137. The quantitative estimate of drug-likeness (QED) is 0.849. The highest BCUT2D eigenvalue weighted by molar-refractivity contribution is 7.89. The molecule has 0 aromatic heterocycles. The molecule has 1 aromatic carbocycles. The summed E-state index contributed by atoms with van der Waals surface area (Å²) in [5.74, 6) is 0. The molecule has 1 heterocycles. The number of hydrogen-bond acceptors (Lipinski definition) is 3. The molecule has 1 fully saturated rings. The number of halogens is 3. The smallest absolute Gasteiger partial charge is 0.377 e. The van der Waals surface area contributed by atoms with Gasteiger partial charge in [-0.05, 0) is 25.0 Å². The van der Waals surface area contributed by atoms with Crippen LogP contribution in [-0.4, -0.2) is 37.7 Å². The molecule has 0 spiro atoms. The number of rotatable bonds is 4. The Hall–Kier alpha value is -1.12. The van der Waals surface area contributed by atoms with Crippen molar-refractivity contribution >= 4 is 10.0 Å². The Bertz CT molecular complexity index is 630. The molecular formula is C14H18F3NO3S. The average molecular weight is 337 g/mol. The van der Waals surface area contributed by atoms with E-state index in [0.29, 0.717) is 18.6 Å². The SMILES string of the molecule is C[C@@H]1OCC[C@H]1S(=O)(=O)N(C)Cc1cccc(C(F)(F)F)c1. The summed E-state index contributed by atoms with van der Waals surface area (Å²) in [4.78, 5) is 0. The van der Waals surface area contributed by atoms with Crippen molar-refractivity contribution in [2.45, 2.75) is 37.4 Å². The van der Waals surface area contributed by atoms with E-state index in [1.54, 1.807) is 6.92 Å². The molecule has 2 atom stereocenters. The average Bonchev–Trinajstić information content (AvgIpc) is 2.85. The van der Waals surface area contributed by atoms with Crippen LogP contribution >= 0.6 is 0 Å². The van der Waals surface area contributed by atoms with E-state index < -0.39 is 33.1 Å². The number of nitrogens with zero attached hydrogens (tertiary/aromatic N) is 1. The number of sulfonamides is 1. The van der Waals surface area contributed by atoms with E-state index in [2.05, 4.69) is 0 Å². The summed E-state index contributed by atoms with van der Waals surface area (Å²) in [6.45, 7) is 1.96. The summed E-state index contributed by atoms with van der Waals surface area (Å²) in [5, 5.41) is -0.650. The molecule has 1 aromatic rings. The summed E-state index contributed by atoms with van der Waals surface area (Å²) in [6, 6.07) is 4.70. The van der Waals surface area contributed by atoms with E-state index in [9.17, 15) is 21.6 Å². The van der Waals surface area contributed by atoms with Gasteiger partial charge < -0.3 is 4.74 Å². The maximum atomic E-state index is 12.7. The highest BCUT2D eigenvalue weighted by Gasteiger charge is 2.38. The Morgan fingerprint density at radius 3 is 2.59 bits per heavy atom. The van der Waals surface area contributed by atoms with Gasteiger partial charge in [0, 0.05) is 20.2 Å². The highest BCUT2D eigenvalue weighted by Crippen LogP contribution is 2.30. The van der Waals surface area contributed by atoms with Gasteiger partial charge in [-0.2, -0.15) is 13.2 Å². The fourth-order valence-electron chi connectivity index (χ4n) is 2.53. The Kier molecular flexibility index (Phi) is 4.84. The fourth-order valence-corrected chi connectivity index (χ4v) is 4.28. The lowest BCUT2D eigenvalue weighted by Crippen LogP contribution is -2.39. The summed E-state index contributed by atoms with van der Waals surface area (Å²) in [6.07, 6.45) is -4.45. The third kappa shape index (κ3) is 3.61. The number of ether oxygens (including phenoxy) is 1. The zero-order chi connectivity index (χ0) is 16.5. The van der Waals surface area contributed by atoms with Crippen LogP contribution in [-0.2, 0) is 27.5 Å². The van der Waals surface area contributed by atoms with Gasteiger partial charge >= 0.3 is 6.18 Å². The van der Waals surface area contributed by atoms with Crippen molar-refractivity contribution in [3.05, 3.63) is 35.4 Å². The number of hydrogen-bond donors (Lipinski definition) is 0. The molecule has 0 N–H and O–H groups in total. The van der Waals surface area contributed by atoms with Gasteiger partial charge in [-0.3, -0.25) is 0 Å². The Balaban J connectivity index is 2.16. The van der Waals surface area contributed by atoms with Crippen molar-refractivity contribution in [2.75, 3.05) is 13.7 Å². The number of benzene rings is 1. The van der Waals surface area contributed by atoms with Gasteiger partial charge in [0.1, 0.15) is 5.25 Å². The van der Waals surface area contributed by atoms with E-state index in [1.807, 2.05) is 0 Å². The lowest BCUT2D eigenvalue weighted by Gasteiger charge is -2.23. The predicted molar refractivity (Wildman–Crippen MR) is 75.6 cm³/mol. The Labute approximate surface area is 127 Å². The summed E-state index contributed by atoms with van der Waals surface area (Å²) in [5.41, 5.74) is -0.485. The maximum Gasteiger partial charge on any atom is 0.416 e. The fraction of sp³-hybridized carbons (Fsp3) is 0.571. The second-order valence-electron chi connectivity index (χ2n) is 5.40. The van der Waals surface area contributed by atoms with Crippen LogP contribution in [0.4, 0.5) is 13.2 Å². The van der Waals surface area contributed by atoms with Gasteiger partial charge in [0.25, 0.3) is 0 Å². The predicted octanol–water partition coefficient (Wildman–Crippen LogP) is 2.64. The molecule has 0 aliphatic carbocycles. The van der Waals surface area contributed by atoms with Crippen molar-refractivity contribution in [1.29, 1.82) is 0 Å². The van der Waals surface area contributed by atoms with Gasteiger partial charge in [0.05, 0.1) is 11.7 Å². The second kappa shape index (κ2) is 6.17. The van der Waals surface area contributed by atoms with Crippen molar-refractivity contribution in [1.82, 2.24) is 4.31 Å². The van der Waals surface area contributed by atoms with Gasteiger partial charge in [0.2, 0.25) is 10.0 Å². The van der Waals surface area contributed by atoms with Crippen molar-refractivity contribution in [3.63, 3.8) is 0 Å². The monoisotopic (exact) mass is 337 g/mol. The van der Waals surface area contributed by atoms with Crippen molar-refractivity contribution in [3.8, 4) is 0 Å². The van der Waals surface area contributed by atoms with Gasteiger partial charge in [-0.1, -0.05) is 18.2 Å². The molecule has 1 aliphatic rings. The first-order valence-electron chi connectivity index (χ1n) is 6.85. The van der Waals surface area contributed by atoms with Crippen molar-refractivity contribution in [2.24, 2.45) is 0 Å². The molecule has 4 nitrogen and oxygen atoms in total. The molecule has 0 unspecified atom stereocenters. The first kappa shape index (κ1) is 17.2. The highest BCUT2D eigenvalue weighted by atomic mass is 32.2. The molecule has 22 heavy (non-hydrogen) atoms. The maximum absolute atomic E-state index is 12.7. The summed E-state index contributed by atoms with van der Waals surface area (Å²) >= 11 is 0. The first-order valence-corrected chi connectivity index (χ1v) is 8.35. The first-order chi connectivity index (χ1) is 10.1. The van der Waals surface area contributed by atoms with E-state index in [0.717, 1.165) is 16.4 Å².